The van der Waals surface area contributed by atoms with Crippen molar-refractivity contribution in [1.29, 1.82) is 0 Å². The average Bonchev–Trinajstić information content (AvgIpc) is 2.88. The quantitative estimate of drug-likeness (QED) is 0.821. The Balaban J connectivity index is 2.49. The minimum atomic E-state index is -0.250. The topological polar surface area (TPSA) is 61.7 Å². The number of hydrogen-bond donors (Lipinski definition) is 2. The summed E-state index contributed by atoms with van der Waals surface area (Å²) in [6.45, 7) is 13.0. The van der Waals surface area contributed by atoms with Crippen molar-refractivity contribution in [3.8, 4) is 5.75 Å². The van der Waals surface area contributed by atoms with Gasteiger partial charge >= 0.3 is 0 Å². The lowest BCUT2D eigenvalue weighted by molar-refractivity contribution is 0.0977. The first-order valence-corrected chi connectivity index (χ1v) is 8.85. The van der Waals surface area contributed by atoms with Gasteiger partial charge < -0.3 is 10.4 Å². The van der Waals surface area contributed by atoms with Crippen LogP contribution in [0.1, 0.15) is 63.0 Å². The number of nitrogens with one attached hydrogen (secondary N) is 1. The molecule has 0 spiro atoms. The van der Waals surface area contributed by atoms with Gasteiger partial charge in [0.25, 0.3) is 5.91 Å². The molecule has 0 saturated carbocycles. The number of carbonyl (C=O) groups excluding carboxylic acids is 1. The van der Waals surface area contributed by atoms with Crippen LogP contribution in [0.2, 0.25) is 0 Å². The van der Waals surface area contributed by atoms with Gasteiger partial charge in [0.15, 0.2) is 5.17 Å². The van der Waals surface area contributed by atoms with Crippen LogP contribution in [0.15, 0.2) is 17.1 Å². The van der Waals surface area contributed by atoms with Gasteiger partial charge in [0.2, 0.25) is 0 Å². The molecule has 5 heteroatoms. The monoisotopic (exact) mass is 334 g/mol. The van der Waals surface area contributed by atoms with Crippen molar-refractivity contribution in [2.24, 2.45) is 4.99 Å². The van der Waals surface area contributed by atoms with Crippen LogP contribution in [0.4, 0.5) is 0 Å². The van der Waals surface area contributed by atoms with Crippen molar-refractivity contribution in [1.82, 2.24) is 5.32 Å². The number of aromatic hydroxyl groups is 1. The molecule has 0 unspecified atom stereocenters. The van der Waals surface area contributed by atoms with Gasteiger partial charge in [-0.3, -0.25) is 9.79 Å². The largest absolute Gasteiger partial charge is 0.507 e. The van der Waals surface area contributed by atoms with Gasteiger partial charge in [0, 0.05) is 22.4 Å². The summed E-state index contributed by atoms with van der Waals surface area (Å²) in [6.07, 6.45) is 0. The van der Waals surface area contributed by atoms with Gasteiger partial charge in [0.05, 0.1) is 6.54 Å². The highest BCUT2D eigenvalue weighted by atomic mass is 32.2. The number of phenolic OH excluding ortho intramolecular Hbond substituents is 1. The second-order valence-corrected chi connectivity index (χ2v) is 8.99. The number of carbonyl (C=O) groups is 1. The minimum absolute atomic E-state index is 0.172. The van der Waals surface area contributed by atoms with E-state index < -0.39 is 0 Å². The van der Waals surface area contributed by atoms with E-state index in [0.717, 1.165) is 23.4 Å². The molecule has 0 aromatic heterocycles. The van der Waals surface area contributed by atoms with Crippen molar-refractivity contribution in [2.75, 3.05) is 12.3 Å². The zero-order valence-corrected chi connectivity index (χ0v) is 15.6. The second-order valence-electron chi connectivity index (χ2n) is 7.91. The molecule has 0 radical (unpaired) electrons. The van der Waals surface area contributed by atoms with Crippen LogP contribution in [-0.4, -0.2) is 28.5 Å². The van der Waals surface area contributed by atoms with E-state index in [1.807, 2.05) is 41.5 Å². The number of amidine groups is 1. The number of hydrogen-bond acceptors (Lipinski definition) is 4. The molecule has 4 nitrogen and oxygen atoms in total. The molecule has 1 aromatic rings. The Kier molecular flexibility index (Phi) is 4.81. The summed E-state index contributed by atoms with van der Waals surface area (Å²) >= 11 is 1.56. The highest BCUT2D eigenvalue weighted by Gasteiger charge is 2.28. The molecule has 126 valence electrons. The molecule has 0 atom stereocenters. The third-order valence-electron chi connectivity index (χ3n) is 3.79. The van der Waals surface area contributed by atoms with E-state index in [9.17, 15) is 9.90 Å². The highest BCUT2D eigenvalue weighted by molar-refractivity contribution is 8.14. The maximum atomic E-state index is 12.6. The normalized spacial score (nSPS) is 15.5. The molecule has 1 heterocycles. The van der Waals surface area contributed by atoms with Crippen LogP contribution in [-0.2, 0) is 10.8 Å². The maximum Gasteiger partial charge on any atom is 0.257 e. The summed E-state index contributed by atoms with van der Waals surface area (Å²) in [4.78, 5) is 16.8. The lowest BCUT2D eigenvalue weighted by atomic mass is 9.78. The lowest BCUT2D eigenvalue weighted by Crippen LogP contribution is -2.28. The summed E-state index contributed by atoms with van der Waals surface area (Å²) in [5.74, 6) is 1.02. The van der Waals surface area contributed by atoms with Gasteiger partial charge in [-0.15, -0.1) is 0 Å². The molecule has 2 N–H and O–H groups in total. The van der Waals surface area contributed by atoms with Crippen molar-refractivity contribution in [3.63, 3.8) is 0 Å². The summed E-state index contributed by atoms with van der Waals surface area (Å²) in [7, 11) is 0. The Bertz CT molecular complexity index is 617. The predicted octanol–water partition coefficient (Wildman–Crippen LogP) is 3.82. The fourth-order valence-corrected chi connectivity index (χ4v) is 3.21. The summed E-state index contributed by atoms with van der Waals surface area (Å²) < 4.78 is 0. The number of nitrogens with zero attached hydrogens (tertiary/aromatic N) is 1. The van der Waals surface area contributed by atoms with Gasteiger partial charge in [0.1, 0.15) is 5.75 Å². The standard InChI is InChI=1S/C18H26N2O2S/c1-17(2,3)12-9-11(10-13(14(12)21)18(4,5)6)15(22)20-16-19-7-8-23-16/h9-10,21H,7-8H2,1-6H3,(H,19,20,22). The van der Waals surface area contributed by atoms with E-state index in [0.29, 0.717) is 10.7 Å². The number of amides is 1. The van der Waals surface area contributed by atoms with E-state index in [-0.39, 0.29) is 22.5 Å². The molecule has 1 aliphatic rings. The molecule has 0 bridgehead atoms. The van der Waals surface area contributed by atoms with Crippen LogP contribution < -0.4 is 5.32 Å². The van der Waals surface area contributed by atoms with Gasteiger partial charge in [-0.1, -0.05) is 53.3 Å². The molecule has 2 rings (SSSR count). The highest BCUT2D eigenvalue weighted by Crippen LogP contribution is 2.39. The number of thioether (sulfide) groups is 1. The molecule has 0 fully saturated rings. The number of phenols is 1. The Morgan fingerprint density at radius 1 is 1.13 bits per heavy atom. The number of rotatable bonds is 1. The fraction of sp³-hybridized carbons (Fsp3) is 0.556. The Morgan fingerprint density at radius 3 is 2.04 bits per heavy atom. The molecule has 0 aliphatic carbocycles. The van der Waals surface area contributed by atoms with Gasteiger partial charge in [-0.05, 0) is 23.0 Å². The van der Waals surface area contributed by atoms with Crippen LogP contribution in [0, 0.1) is 0 Å². The smallest absolute Gasteiger partial charge is 0.257 e. The van der Waals surface area contributed by atoms with Crippen LogP contribution in [0.5, 0.6) is 5.75 Å². The van der Waals surface area contributed by atoms with Crippen molar-refractivity contribution >= 4 is 22.8 Å². The van der Waals surface area contributed by atoms with Crippen LogP contribution >= 0.6 is 11.8 Å². The fourth-order valence-electron chi connectivity index (χ4n) is 2.49. The maximum absolute atomic E-state index is 12.6. The lowest BCUT2D eigenvalue weighted by Gasteiger charge is -2.28. The zero-order chi connectivity index (χ0) is 17.4. The minimum Gasteiger partial charge on any atom is -0.507 e. The second kappa shape index (κ2) is 6.19. The first-order chi connectivity index (χ1) is 10.5. The van der Waals surface area contributed by atoms with E-state index in [2.05, 4.69) is 10.3 Å². The molecule has 1 aliphatic heterocycles. The van der Waals surface area contributed by atoms with E-state index in [1.54, 1.807) is 23.9 Å². The summed E-state index contributed by atoms with van der Waals surface area (Å²) in [6, 6.07) is 3.58. The average molecular weight is 334 g/mol. The van der Waals surface area contributed by atoms with Crippen molar-refractivity contribution in [3.05, 3.63) is 28.8 Å². The number of benzene rings is 1. The van der Waals surface area contributed by atoms with Crippen LogP contribution in [0.25, 0.3) is 0 Å². The molecule has 1 amide bonds. The van der Waals surface area contributed by atoms with Crippen molar-refractivity contribution < 1.29 is 9.90 Å². The van der Waals surface area contributed by atoms with E-state index >= 15 is 0 Å². The Labute approximate surface area is 142 Å². The SMILES string of the molecule is CC(C)(C)c1cc(C(=O)NC2=NCCS2)cc(C(C)(C)C)c1O. The van der Waals surface area contributed by atoms with E-state index in [4.69, 9.17) is 0 Å². The summed E-state index contributed by atoms with van der Waals surface area (Å²) in [5.41, 5.74) is 1.64. The third-order valence-corrected chi connectivity index (χ3v) is 4.69. The predicted molar refractivity (Wildman–Crippen MR) is 97.7 cm³/mol. The third kappa shape index (κ3) is 4.08. The molecule has 23 heavy (non-hydrogen) atoms. The number of aliphatic imine (C=N–C) groups is 1. The van der Waals surface area contributed by atoms with Crippen LogP contribution in [0.3, 0.4) is 0 Å². The molecular formula is C18H26N2O2S. The van der Waals surface area contributed by atoms with E-state index in [1.165, 1.54) is 0 Å². The Morgan fingerprint density at radius 2 is 1.65 bits per heavy atom. The zero-order valence-electron chi connectivity index (χ0n) is 14.8. The van der Waals surface area contributed by atoms with Gasteiger partial charge in [-0.25, -0.2) is 0 Å². The summed E-state index contributed by atoms with van der Waals surface area (Å²) in [5, 5.41) is 14.2. The Hall–Kier alpha value is -1.49. The van der Waals surface area contributed by atoms with Gasteiger partial charge in [-0.2, -0.15) is 0 Å². The molecule has 0 saturated heterocycles. The van der Waals surface area contributed by atoms with Crippen molar-refractivity contribution in [2.45, 2.75) is 52.4 Å². The molecule has 1 aromatic carbocycles. The first kappa shape index (κ1) is 17.9. The first-order valence-electron chi connectivity index (χ1n) is 7.87. The molecular weight excluding hydrogens is 308 g/mol.